The third-order valence-electron chi connectivity index (χ3n) is 8.78. The van der Waals surface area contributed by atoms with Crippen LogP contribution in [0.1, 0.15) is 159 Å². The lowest BCUT2D eigenvalue weighted by molar-refractivity contribution is 0.295. The largest absolute Gasteiger partial charge is 0.492 e. The standard InChI is InChI=1S/C44H60N2O2/c1-4-7-9-11-13-15-17-19-21-25-33-47-43-36-40(30-28-38-29-31-42(46-37-38)41-27-23-24-32-45-41)44(35-39(43)6-3)48-34-26-22-20-18-16-14-12-10-8-5-2/h3,23-24,27,29,31-32,35-37H,4-5,7-22,25-26,33-34H2,1-2H3. The second-order valence-electron chi connectivity index (χ2n) is 12.9. The number of unbranched alkanes of at least 4 members (excludes halogenated alkanes) is 18. The zero-order valence-corrected chi connectivity index (χ0v) is 30.0. The Morgan fingerprint density at radius 1 is 0.542 bits per heavy atom. The number of aromatic nitrogens is 2. The van der Waals surface area contributed by atoms with Gasteiger partial charge in [0.05, 0.1) is 35.7 Å². The second kappa shape index (κ2) is 25.3. The van der Waals surface area contributed by atoms with Gasteiger partial charge in [-0.1, -0.05) is 153 Å². The van der Waals surface area contributed by atoms with Gasteiger partial charge >= 0.3 is 0 Å². The molecule has 0 aliphatic heterocycles. The molecule has 0 amide bonds. The summed E-state index contributed by atoms with van der Waals surface area (Å²) in [5.41, 5.74) is 3.99. The van der Waals surface area contributed by atoms with E-state index in [2.05, 4.69) is 41.6 Å². The van der Waals surface area contributed by atoms with E-state index in [9.17, 15) is 0 Å². The molecule has 4 nitrogen and oxygen atoms in total. The molecule has 0 fully saturated rings. The Hall–Kier alpha value is -3.76. The van der Waals surface area contributed by atoms with Crippen molar-refractivity contribution in [3.05, 3.63) is 71.5 Å². The third kappa shape index (κ3) is 15.9. The molecule has 48 heavy (non-hydrogen) atoms. The van der Waals surface area contributed by atoms with Crippen molar-refractivity contribution in [2.75, 3.05) is 13.2 Å². The summed E-state index contributed by atoms with van der Waals surface area (Å²) in [6, 6.07) is 13.6. The van der Waals surface area contributed by atoms with Crippen LogP contribution in [0.25, 0.3) is 11.4 Å². The van der Waals surface area contributed by atoms with Crippen molar-refractivity contribution in [2.24, 2.45) is 0 Å². The van der Waals surface area contributed by atoms with Crippen molar-refractivity contribution in [1.82, 2.24) is 9.97 Å². The first-order valence-corrected chi connectivity index (χ1v) is 19.0. The van der Waals surface area contributed by atoms with Crippen LogP contribution in [0.4, 0.5) is 0 Å². The van der Waals surface area contributed by atoms with E-state index in [1.54, 1.807) is 12.4 Å². The maximum atomic E-state index is 6.31. The van der Waals surface area contributed by atoms with Gasteiger partial charge < -0.3 is 9.47 Å². The van der Waals surface area contributed by atoms with Crippen molar-refractivity contribution in [1.29, 1.82) is 0 Å². The summed E-state index contributed by atoms with van der Waals surface area (Å²) in [6.07, 6.45) is 35.3. The Morgan fingerprint density at radius 2 is 1.04 bits per heavy atom. The van der Waals surface area contributed by atoms with Gasteiger partial charge in [-0.15, -0.1) is 6.42 Å². The van der Waals surface area contributed by atoms with E-state index in [0.29, 0.717) is 24.5 Å². The molecule has 4 heteroatoms. The van der Waals surface area contributed by atoms with Crippen molar-refractivity contribution in [3.8, 4) is 47.1 Å². The average molecular weight is 649 g/mol. The van der Waals surface area contributed by atoms with Crippen LogP contribution in [-0.4, -0.2) is 23.2 Å². The van der Waals surface area contributed by atoms with Gasteiger partial charge in [0.2, 0.25) is 0 Å². The Bertz CT molecular complexity index is 1370. The molecular weight excluding hydrogens is 588 g/mol. The van der Waals surface area contributed by atoms with Gasteiger partial charge in [-0.3, -0.25) is 9.97 Å². The molecule has 2 heterocycles. The first kappa shape index (κ1) is 38.7. The van der Waals surface area contributed by atoms with Crippen molar-refractivity contribution in [3.63, 3.8) is 0 Å². The number of ether oxygens (including phenoxy) is 2. The normalized spacial score (nSPS) is 10.7. The van der Waals surface area contributed by atoms with Gasteiger partial charge in [-0.05, 0) is 37.1 Å². The Kier molecular flexibility index (Phi) is 20.4. The van der Waals surface area contributed by atoms with Gasteiger partial charge in [-0.25, -0.2) is 0 Å². The quantitative estimate of drug-likeness (QED) is 0.0677. The zero-order chi connectivity index (χ0) is 33.9. The van der Waals surface area contributed by atoms with Crippen molar-refractivity contribution < 1.29 is 9.47 Å². The maximum Gasteiger partial charge on any atom is 0.136 e. The van der Waals surface area contributed by atoms with Crippen LogP contribution in [0.15, 0.2) is 54.9 Å². The average Bonchev–Trinajstić information content (AvgIpc) is 3.13. The van der Waals surface area contributed by atoms with E-state index >= 15 is 0 Å². The van der Waals surface area contributed by atoms with Crippen LogP contribution in [-0.2, 0) is 0 Å². The molecule has 3 rings (SSSR count). The fourth-order valence-electron chi connectivity index (χ4n) is 5.83. The number of hydrogen-bond donors (Lipinski definition) is 0. The number of pyridine rings is 2. The molecular formula is C44H60N2O2. The summed E-state index contributed by atoms with van der Waals surface area (Å²) < 4.78 is 12.5. The lowest BCUT2D eigenvalue weighted by Gasteiger charge is -2.14. The molecule has 0 saturated carbocycles. The minimum atomic E-state index is 0.647. The number of nitrogens with zero attached hydrogens (tertiary/aromatic N) is 2. The molecule has 3 aromatic rings. The summed E-state index contributed by atoms with van der Waals surface area (Å²) in [6.45, 7) is 5.84. The SMILES string of the molecule is C#Cc1cc(OCCCCCCCCCCCC)c(C#Cc2ccc(-c3ccccn3)nc2)cc1OCCCCCCCCCCCC. The summed E-state index contributed by atoms with van der Waals surface area (Å²) >= 11 is 0. The van der Waals surface area contributed by atoms with Crippen LogP contribution in [0.2, 0.25) is 0 Å². The lowest BCUT2D eigenvalue weighted by atomic mass is 10.1. The highest BCUT2D eigenvalue weighted by atomic mass is 16.5. The van der Waals surface area contributed by atoms with E-state index in [4.69, 9.17) is 15.9 Å². The van der Waals surface area contributed by atoms with Crippen molar-refractivity contribution in [2.45, 2.75) is 142 Å². The van der Waals surface area contributed by atoms with Crippen molar-refractivity contribution >= 4 is 0 Å². The fraction of sp³-hybridized carbons (Fsp3) is 0.545. The molecule has 0 N–H and O–H groups in total. The topological polar surface area (TPSA) is 44.2 Å². The molecule has 1 aromatic carbocycles. The number of terminal acetylenes is 1. The molecule has 0 bridgehead atoms. The minimum Gasteiger partial charge on any atom is -0.492 e. The molecule has 0 saturated heterocycles. The molecule has 0 aliphatic rings. The fourth-order valence-corrected chi connectivity index (χ4v) is 5.83. The highest BCUT2D eigenvalue weighted by Crippen LogP contribution is 2.29. The number of rotatable bonds is 25. The predicted octanol–water partition coefficient (Wildman–Crippen LogP) is 12.1. The van der Waals surface area contributed by atoms with Gasteiger partial charge in [0, 0.05) is 30.1 Å². The van der Waals surface area contributed by atoms with Gasteiger partial charge in [0.25, 0.3) is 0 Å². The van der Waals surface area contributed by atoms with Gasteiger partial charge in [-0.2, -0.15) is 0 Å². The smallest absolute Gasteiger partial charge is 0.136 e. The zero-order valence-electron chi connectivity index (χ0n) is 30.0. The second-order valence-corrected chi connectivity index (χ2v) is 12.9. The Labute approximate surface area is 292 Å². The minimum absolute atomic E-state index is 0.647. The number of benzene rings is 1. The van der Waals surface area contributed by atoms with E-state index in [1.807, 2.05) is 42.5 Å². The monoisotopic (exact) mass is 648 g/mol. The van der Waals surface area contributed by atoms with Crippen LogP contribution in [0, 0.1) is 24.2 Å². The predicted molar refractivity (Wildman–Crippen MR) is 203 cm³/mol. The molecule has 258 valence electrons. The van der Waals surface area contributed by atoms with Crippen LogP contribution in [0.5, 0.6) is 11.5 Å². The molecule has 0 aliphatic carbocycles. The van der Waals surface area contributed by atoms with Crippen LogP contribution in [0.3, 0.4) is 0 Å². The van der Waals surface area contributed by atoms with Crippen LogP contribution < -0.4 is 9.47 Å². The summed E-state index contributed by atoms with van der Waals surface area (Å²) in [5.74, 6) is 10.9. The molecule has 2 aromatic heterocycles. The van der Waals surface area contributed by atoms with Crippen LogP contribution >= 0.6 is 0 Å². The number of hydrogen-bond acceptors (Lipinski definition) is 4. The first-order valence-electron chi connectivity index (χ1n) is 19.0. The Morgan fingerprint density at radius 3 is 1.52 bits per heavy atom. The maximum absolute atomic E-state index is 6.31. The lowest BCUT2D eigenvalue weighted by Crippen LogP contribution is -2.03. The van der Waals surface area contributed by atoms with E-state index in [-0.39, 0.29) is 0 Å². The molecule has 0 radical (unpaired) electrons. The summed E-state index contributed by atoms with van der Waals surface area (Å²) in [7, 11) is 0. The molecule has 0 atom stereocenters. The molecule has 0 unspecified atom stereocenters. The molecule has 0 spiro atoms. The van der Waals surface area contributed by atoms with E-state index < -0.39 is 0 Å². The third-order valence-corrected chi connectivity index (χ3v) is 8.78. The highest BCUT2D eigenvalue weighted by molar-refractivity contribution is 5.60. The first-order chi connectivity index (χ1) is 23.7. The van der Waals surface area contributed by atoms with E-state index in [1.165, 1.54) is 116 Å². The van der Waals surface area contributed by atoms with Gasteiger partial charge in [0.1, 0.15) is 11.5 Å². The Balaban J connectivity index is 1.57. The highest BCUT2D eigenvalue weighted by Gasteiger charge is 2.11. The van der Waals surface area contributed by atoms with Gasteiger partial charge in [0.15, 0.2) is 0 Å². The summed E-state index contributed by atoms with van der Waals surface area (Å²) in [5, 5.41) is 0. The van der Waals surface area contributed by atoms with E-state index in [0.717, 1.165) is 41.1 Å². The summed E-state index contributed by atoms with van der Waals surface area (Å²) in [4.78, 5) is 8.98.